The van der Waals surface area contributed by atoms with E-state index in [9.17, 15) is 0 Å². The van der Waals surface area contributed by atoms with Gasteiger partial charge in [-0.1, -0.05) is 48.5 Å². The van der Waals surface area contributed by atoms with Gasteiger partial charge in [-0.15, -0.1) is 0 Å². The molecule has 0 amide bonds. The molecular formula is C23H24N6O. The van der Waals surface area contributed by atoms with Crippen LogP contribution >= 0.6 is 0 Å². The van der Waals surface area contributed by atoms with Gasteiger partial charge in [-0.3, -0.25) is 4.90 Å². The normalized spacial score (nSPS) is 14.9. The number of benzene rings is 2. The number of nitrogens with zero attached hydrogens (tertiary/aromatic N) is 6. The van der Waals surface area contributed by atoms with Gasteiger partial charge in [0.15, 0.2) is 0 Å². The van der Waals surface area contributed by atoms with E-state index in [-0.39, 0.29) is 0 Å². The van der Waals surface area contributed by atoms with Crippen LogP contribution in [0.25, 0.3) is 17.0 Å². The molecule has 1 aliphatic rings. The summed E-state index contributed by atoms with van der Waals surface area (Å²) < 4.78 is 7.68. The number of fused-ring (bicyclic) bond motifs is 1. The Hall–Kier alpha value is -3.45. The second kappa shape index (κ2) is 8.51. The van der Waals surface area contributed by atoms with E-state index in [4.69, 9.17) is 4.74 Å². The smallest absolute Gasteiger partial charge is 0.254 e. The first-order valence-corrected chi connectivity index (χ1v) is 10.3. The number of anilines is 1. The van der Waals surface area contributed by atoms with Crippen LogP contribution in [0.15, 0.2) is 73.1 Å². The third kappa shape index (κ3) is 3.97. The lowest BCUT2D eigenvalue weighted by Gasteiger charge is -2.35. The Morgan fingerprint density at radius 1 is 0.867 bits per heavy atom. The fourth-order valence-corrected chi connectivity index (χ4v) is 3.79. The van der Waals surface area contributed by atoms with Crippen molar-refractivity contribution in [1.29, 1.82) is 0 Å². The molecule has 3 heterocycles. The zero-order valence-electron chi connectivity index (χ0n) is 16.8. The molecule has 0 N–H and O–H groups in total. The van der Waals surface area contributed by atoms with E-state index in [2.05, 4.69) is 43.1 Å². The second-order valence-corrected chi connectivity index (χ2v) is 7.33. The summed E-state index contributed by atoms with van der Waals surface area (Å²) in [6, 6.07) is 22.3. The van der Waals surface area contributed by atoms with Gasteiger partial charge in [0.2, 0.25) is 0 Å². The van der Waals surface area contributed by atoms with Crippen LogP contribution in [0.1, 0.15) is 0 Å². The minimum absolute atomic E-state index is 0.630. The highest BCUT2D eigenvalue weighted by atomic mass is 16.5. The maximum absolute atomic E-state index is 5.85. The molecule has 30 heavy (non-hydrogen) atoms. The number of ether oxygens (including phenoxy) is 1. The van der Waals surface area contributed by atoms with Crippen molar-refractivity contribution in [2.24, 2.45) is 0 Å². The standard InChI is InChI=1S/C23H24N6O/c1-3-7-19(8-4-1)21-17-22(29-23(26-21)24-18-25-29)28-13-11-27(12-14-28)15-16-30-20-9-5-2-6-10-20/h1-10,17-18H,11-16H2. The molecule has 2 aromatic heterocycles. The zero-order chi connectivity index (χ0) is 20.2. The largest absolute Gasteiger partial charge is 0.492 e. The summed E-state index contributed by atoms with van der Waals surface area (Å²) in [5.74, 6) is 2.59. The van der Waals surface area contributed by atoms with E-state index in [0.29, 0.717) is 12.4 Å². The molecule has 0 saturated carbocycles. The fraction of sp³-hybridized carbons (Fsp3) is 0.261. The van der Waals surface area contributed by atoms with Crippen LogP contribution in [-0.2, 0) is 0 Å². The van der Waals surface area contributed by atoms with Crippen LogP contribution in [0, 0.1) is 0 Å². The van der Waals surface area contributed by atoms with Gasteiger partial charge in [-0.2, -0.15) is 14.6 Å². The van der Waals surface area contributed by atoms with Crippen LogP contribution < -0.4 is 9.64 Å². The van der Waals surface area contributed by atoms with E-state index in [1.807, 2.05) is 53.0 Å². The molecule has 5 rings (SSSR count). The number of rotatable bonds is 6. The predicted octanol–water partition coefficient (Wildman–Crippen LogP) is 2.99. The predicted molar refractivity (Wildman–Crippen MR) is 117 cm³/mol. The third-order valence-corrected chi connectivity index (χ3v) is 5.42. The van der Waals surface area contributed by atoms with E-state index in [1.54, 1.807) is 6.33 Å². The molecule has 0 spiro atoms. The highest BCUT2D eigenvalue weighted by Crippen LogP contribution is 2.24. The lowest BCUT2D eigenvalue weighted by atomic mass is 10.1. The highest BCUT2D eigenvalue weighted by molar-refractivity contribution is 5.65. The van der Waals surface area contributed by atoms with Crippen LogP contribution in [0.5, 0.6) is 5.75 Å². The monoisotopic (exact) mass is 400 g/mol. The Balaban J connectivity index is 1.26. The minimum atomic E-state index is 0.630. The first kappa shape index (κ1) is 18.6. The fourth-order valence-electron chi connectivity index (χ4n) is 3.79. The van der Waals surface area contributed by atoms with Crippen molar-refractivity contribution in [3.05, 3.63) is 73.1 Å². The number of para-hydroxylation sites is 1. The van der Waals surface area contributed by atoms with Crippen LogP contribution in [0.3, 0.4) is 0 Å². The van der Waals surface area contributed by atoms with Crippen molar-refractivity contribution in [2.75, 3.05) is 44.2 Å². The summed E-state index contributed by atoms with van der Waals surface area (Å²) in [5, 5.41) is 4.40. The number of piperazine rings is 1. The number of aromatic nitrogens is 4. The Bertz CT molecular complexity index is 1090. The first-order chi connectivity index (χ1) is 14.9. The molecule has 0 bridgehead atoms. The molecule has 152 valence electrons. The molecule has 4 aromatic rings. The second-order valence-electron chi connectivity index (χ2n) is 7.33. The minimum Gasteiger partial charge on any atom is -0.492 e. The molecule has 0 aliphatic carbocycles. The summed E-state index contributed by atoms with van der Waals surface area (Å²) in [6.07, 6.45) is 1.57. The molecule has 7 nitrogen and oxygen atoms in total. The van der Waals surface area contributed by atoms with Crippen molar-refractivity contribution >= 4 is 11.6 Å². The maximum atomic E-state index is 5.85. The number of hydrogen-bond acceptors (Lipinski definition) is 6. The Labute approximate surface area is 175 Å². The van der Waals surface area contributed by atoms with Gasteiger partial charge in [-0.05, 0) is 12.1 Å². The molecule has 0 atom stereocenters. The summed E-state index contributed by atoms with van der Waals surface area (Å²) in [4.78, 5) is 13.8. The lowest BCUT2D eigenvalue weighted by molar-refractivity contribution is 0.200. The molecule has 0 unspecified atom stereocenters. The molecule has 0 radical (unpaired) electrons. The third-order valence-electron chi connectivity index (χ3n) is 5.42. The van der Waals surface area contributed by atoms with E-state index in [0.717, 1.165) is 55.5 Å². The van der Waals surface area contributed by atoms with Gasteiger partial charge in [0, 0.05) is 44.4 Å². The van der Waals surface area contributed by atoms with E-state index < -0.39 is 0 Å². The number of hydrogen-bond donors (Lipinski definition) is 0. The van der Waals surface area contributed by atoms with Crippen molar-refractivity contribution < 1.29 is 4.74 Å². The Morgan fingerprint density at radius 2 is 1.60 bits per heavy atom. The SMILES string of the molecule is c1ccc(OCCN2CCN(c3cc(-c4ccccc4)nc4ncnn34)CC2)cc1. The van der Waals surface area contributed by atoms with Gasteiger partial charge in [0.25, 0.3) is 5.78 Å². The molecule has 1 fully saturated rings. The molecule has 1 saturated heterocycles. The van der Waals surface area contributed by atoms with Crippen LogP contribution in [0.2, 0.25) is 0 Å². The Kier molecular flexibility index (Phi) is 5.26. The molecule has 1 aliphatic heterocycles. The van der Waals surface area contributed by atoms with Crippen molar-refractivity contribution in [3.63, 3.8) is 0 Å². The average molecular weight is 400 g/mol. The van der Waals surface area contributed by atoms with Crippen molar-refractivity contribution in [2.45, 2.75) is 0 Å². The van der Waals surface area contributed by atoms with Crippen molar-refractivity contribution in [3.8, 4) is 17.0 Å². The van der Waals surface area contributed by atoms with Gasteiger partial charge in [0.05, 0.1) is 5.69 Å². The average Bonchev–Trinajstić information content (AvgIpc) is 3.29. The summed E-state index contributed by atoms with van der Waals surface area (Å²) in [6.45, 7) is 5.45. The first-order valence-electron chi connectivity index (χ1n) is 10.3. The van der Waals surface area contributed by atoms with Gasteiger partial charge in [0.1, 0.15) is 24.5 Å². The summed E-state index contributed by atoms with van der Waals surface area (Å²) in [7, 11) is 0. The van der Waals surface area contributed by atoms with Gasteiger partial charge < -0.3 is 9.64 Å². The van der Waals surface area contributed by atoms with Crippen LogP contribution in [-0.4, -0.2) is 63.8 Å². The molecule has 2 aromatic carbocycles. The lowest BCUT2D eigenvalue weighted by Crippen LogP contribution is -2.48. The summed E-state index contributed by atoms with van der Waals surface area (Å²) >= 11 is 0. The zero-order valence-corrected chi connectivity index (χ0v) is 16.8. The van der Waals surface area contributed by atoms with E-state index >= 15 is 0 Å². The topological polar surface area (TPSA) is 58.8 Å². The van der Waals surface area contributed by atoms with E-state index in [1.165, 1.54) is 0 Å². The maximum Gasteiger partial charge on any atom is 0.254 e. The Morgan fingerprint density at radius 3 is 2.37 bits per heavy atom. The van der Waals surface area contributed by atoms with Gasteiger partial charge >= 0.3 is 0 Å². The van der Waals surface area contributed by atoms with Crippen LogP contribution in [0.4, 0.5) is 5.82 Å². The summed E-state index contributed by atoms with van der Waals surface area (Å²) in [5.41, 5.74) is 2.01. The van der Waals surface area contributed by atoms with Crippen molar-refractivity contribution in [1.82, 2.24) is 24.5 Å². The van der Waals surface area contributed by atoms with Gasteiger partial charge in [-0.25, -0.2) is 4.98 Å². The molecule has 7 heteroatoms. The molecular weight excluding hydrogens is 376 g/mol. The quantitative estimate of drug-likeness (QED) is 0.496. The highest BCUT2D eigenvalue weighted by Gasteiger charge is 2.21.